The van der Waals surface area contributed by atoms with Crippen molar-refractivity contribution < 1.29 is 4.79 Å². The number of hydrogen-bond acceptors (Lipinski definition) is 5. The largest absolute Gasteiger partial charge is 0.323 e. The smallest absolute Gasteiger partial charge is 0.238 e. The van der Waals surface area contributed by atoms with Crippen molar-refractivity contribution in [2.75, 3.05) is 18.4 Å². The Balaban J connectivity index is 1.49. The minimum absolute atomic E-state index is 0.0583. The zero-order valence-electron chi connectivity index (χ0n) is 14.0. The van der Waals surface area contributed by atoms with Gasteiger partial charge in [-0.25, -0.2) is 9.67 Å². The standard InChI is InChI=1S/C18H18ClN5OS/c19-13-5-6-15(24-12-20-11-21-24)14(9-13)22-18(25)10-23-7-1-3-16(23)17-4-2-8-26-17/h2,4-6,8-9,11-12,16H,1,3,7,10H2,(H,22,25)/t16-/m1/s1. The third kappa shape index (κ3) is 3.65. The van der Waals surface area contributed by atoms with Gasteiger partial charge in [0, 0.05) is 15.9 Å². The van der Waals surface area contributed by atoms with Crippen LogP contribution in [-0.2, 0) is 4.79 Å². The first-order valence-electron chi connectivity index (χ1n) is 8.42. The predicted octanol–water partition coefficient (Wildman–Crippen LogP) is 3.76. The van der Waals surface area contributed by atoms with E-state index in [0.29, 0.717) is 23.3 Å². The highest BCUT2D eigenvalue weighted by Crippen LogP contribution is 2.34. The summed E-state index contributed by atoms with van der Waals surface area (Å²) < 4.78 is 1.61. The number of halogens is 1. The molecule has 8 heteroatoms. The van der Waals surface area contributed by atoms with Gasteiger partial charge < -0.3 is 5.32 Å². The van der Waals surface area contributed by atoms with Gasteiger partial charge in [0.05, 0.1) is 17.9 Å². The van der Waals surface area contributed by atoms with Gasteiger partial charge in [0.2, 0.25) is 5.91 Å². The van der Waals surface area contributed by atoms with Crippen molar-refractivity contribution in [1.29, 1.82) is 0 Å². The molecule has 2 aromatic heterocycles. The molecule has 1 aliphatic heterocycles. The first-order valence-corrected chi connectivity index (χ1v) is 9.68. The maximum Gasteiger partial charge on any atom is 0.238 e. The zero-order chi connectivity index (χ0) is 17.9. The lowest BCUT2D eigenvalue weighted by molar-refractivity contribution is -0.117. The summed E-state index contributed by atoms with van der Waals surface area (Å²) >= 11 is 7.87. The molecular formula is C18H18ClN5OS. The molecule has 0 spiro atoms. The number of anilines is 1. The first-order chi connectivity index (χ1) is 12.7. The van der Waals surface area contributed by atoms with Crippen LogP contribution in [0.25, 0.3) is 5.69 Å². The van der Waals surface area contributed by atoms with Gasteiger partial charge in [0.1, 0.15) is 12.7 Å². The van der Waals surface area contributed by atoms with Gasteiger partial charge in [-0.3, -0.25) is 9.69 Å². The number of rotatable bonds is 5. The zero-order valence-corrected chi connectivity index (χ0v) is 15.6. The summed E-state index contributed by atoms with van der Waals surface area (Å²) in [6, 6.07) is 9.85. The van der Waals surface area contributed by atoms with E-state index in [-0.39, 0.29) is 5.91 Å². The van der Waals surface area contributed by atoms with E-state index in [0.717, 1.165) is 25.1 Å². The first kappa shape index (κ1) is 17.2. The number of benzene rings is 1. The summed E-state index contributed by atoms with van der Waals surface area (Å²) in [6.45, 7) is 1.29. The van der Waals surface area contributed by atoms with Crippen molar-refractivity contribution >= 4 is 34.5 Å². The van der Waals surface area contributed by atoms with Crippen molar-refractivity contribution in [2.24, 2.45) is 0 Å². The summed E-state index contributed by atoms with van der Waals surface area (Å²) in [6.07, 6.45) is 5.24. The molecule has 1 saturated heterocycles. The van der Waals surface area contributed by atoms with E-state index >= 15 is 0 Å². The lowest BCUT2D eigenvalue weighted by Crippen LogP contribution is -2.32. The maximum absolute atomic E-state index is 12.7. The van der Waals surface area contributed by atoms with Crippen molar-refractivity contribution in [1.82, 2.24) is 19.7 Å². The highest BCUT2D eigenvalue weighted by molar-refractivity contribution is 7.10. The number of nitrogens with one attached hydrogen (secondary N) is 1. The number of aromatic nitrogens is 3. The maximum atomic E-state index is 12.7. The van der Waals surface area contributed by atoms with Crippen molar-refractivity contribution in [3.63, 3.8) is 0 Å². The van der Waals surface area contributed by atoms with E-state index in [1.54, 1.807) is 34.5 Å². The fourth-order valence-corrected chi connectivity index (χ4v) is 4.40. The summed E-state index contributed by atoms with van der Waals surface area (Å²) in [5, 5.41) is 9.76. The molecule has 1 aliphatic rings. The van der Waals surface area contributed by atoms with Crippen LogP contribution in [0, 0.1) is 0 Å². The van der Waals surface area contributed by atoms with Crippen LogP contribution >= 0.6 is 22.9 Å². The lowest BCUT2D eigenvalue weighted by atomic mass is 10.2. The number of thiophene rings is 1. The third-order valence-corrected chi connectivity index (χ3v) is 5.69. The predicted molar refractivity (Wildman–Crippen MR) is 103 cm³/mol. The minimum Gasteiger partial charge on any atom is -0.323 e. The van der Waals surface area contributed by atoms with Crippen LogP contribution in [-0.4, -0.2) is 38.7 Å². The molecular weight excluding hydrogens is 370 g/mol. The Kier molecular flexibility index (Phi) is 5.01. The van der Waals surface area contributed by atoms with Crippen molar-refractivity contribution in [3.8, 4) is 5.69 Å². The molecule has 0 aliphatic carbocycles. The average molecular weight is 388 g/mol. The van der Waals surface area contributed by atoms with E-state index in [4.69, 9.17) is 11.6 Å². The Bertz CT molecular complexity index is 881. The van der Waals surface area contributed by atoms with Crippen LogP contribution in [0.5, 0.6) is 0 Å². The van der Waals surface area contributed by atoms with E-state index in [1.165, 1.54) is 11.2 Å². The van der Waals surface area contributed by atoms with Crippen molar-refractivity contribution in [3.05, 3.63) is 58.3 Å². The van der Waals surface area contributed by atoms with E-state index < -0.39 is 0 Å². The van der Waals surface area contributed by atoms with E-state index in [1.807, 2.05) is 6.07 Å². The van der Waals surface area contributed by atoms with Crippen LogP contribution in [0.15, 0.2) is 48.4 Å². The SMILES string of the molecule is O=C(CN1CCC[C@@H]1c1cccs1)Nc1cc(Cl)ccc1-n1cncn1. The molecule has 6 nitrogen and oxygen atoms in total. The summed E-state index contributed by atoms with van der Waals surface area (Å²) in [7, 11) is 0. The second-order valence-corrected chi connectivity index (χ2v) is 7.61. The number of carbonyl (C=O) groups excluding carboxylic acids is 1. The van der Waals surface area contributed by atoms with Crippen LogP contribution in [0.2, 0.25) is 5.02 Å². The second kappa shape index (κ2) is 7.57. The molecule has 26 heavy (non-hydrogen) atoms. The Morgan fingerprint density at radius 3 is 3.08 bits per heavy atom. The van der Waals surface area contributed by atoms with Crippen LogP contribution in [0.1, 0.15) is 23.8 Å². The lowest BCUT2D eigenvalue weighted by Gasteiger charge is -2.23. The van der Waals surface area contributed by atoms with Crippen LogP contribution < -0.4 is 5.32 Å². The number of hydrogen-bond donors (Lipinski definition) is 1. The Morgan fingerprint density at radius 2 is 2.31 bits per heavy atom. The van der Waals surface area contributed by atoms with Gasteiger partial charge in [-0.1, -0.05) is 17.7 Å². The van der Waals surface area contributed by atoms with Gasteiger partial charge in [0.15, 0.2) is 0 Å². The quantitative estimate of drug-likeness (QED) is 0.724. The Labute approximate surface area is 160 Å². The summed E-state index contributed by atoms with van der Waals surface area (Å²) in [5.41, 5.74) is 1.36. The molecule has 4 rings (SSSR count). The van der Waals surface area contributed by atoms with Crippen LogP contribution in [0.3, 0.4) is 0 Å². The Morgan fingerprint density at radius 1 is 1.38 bits per heavy atom. The minimum atomic E-state index is -0.0583. The molecule has 0 unspecified atom stereocenters. The average Bonchev–Trinajstić information content (AvgIpc) is 3.37. The third-order valence-electron chi connectivity index (χ3n) is 4.48. The molecule has 134 valence electrons. The number of nitrogens with zero attached hydrogens (tertiary/aromatic N) is 4. The molecule has 1 fully saturated rings. The molecule has 0 saturated carbocycles. The fraction of sp³-hybridized carbons (Fsp3) is 0.278. The molecule has 1 atom stereocenters. The molecule has 3 aromatic rings. The molecule has 1 aromatic carbocycles. The highest BCUT2D eigenvalue weighted by Gasteiger charge is 2.28. The van der Waals surface area contributed by atoms with E-state index in [2.05, 4.69) is 37.8 Å². The number of likely N-dealkylation sites (tertiary alicyclic amines) is 1. The van der Waals surface area contributed by atoms with Crippen LogP contribution in [0.4, 0.5) is 5.69 Å². The monoisotopic (exact) mass is 387 g/mol. The molecule has 1 N–H and O–H groups in total. The summed E-state index contributed by atoms with van der Waals surface area (Å²) in [4.78, 5) is 20.2. The van der Waals surface area contributed by atoms with E-state index in [9.17, 15) is 4.79 Å². The van der Waals surface area contributed by atoms with Gasteiger partial charge in [-0.15, -0.1) is 11.3 Å². The highest BCUT2D eigenvalue weighted by atomic mass is 35.5. The van der Waals surface area contributed by atoms with Gasteiger partial charge in [0.25, 0.3) is 0 Å². The molecule has 3 heterocycles. The van der Waals surface area contributed by atoms with Crippen molar-refractivity contribution in [2.45, 2.75) is 18.9 Å². The normalized spacial score (nSPS) is 17.5. The van der Waals surface area contributed by atoms with Gasteiger partial charge in [-0.05, 0) is 49.0 Å². The topological polar surface area (TPSA) is 63.1 Å². The molecule has 0 radical (unpaired) electrons. The Hall–Kier alpha value is -2.22. The van der Waals surface area contributed by atoms with Gasteiger partial charge in [-0.2, -0.15) is 5.10 Å². The fourth-order valence-electron chi connectivity index (χ4n) is 3.33. The molecule has 0 bridgehead atoms. The van der Waals surface area contributed by atoms with Gasteiger partial charge >= 0.3 is 0 Å². The number of carbonyl (C=O) groups is 1. The molecule has 1 amide bonds. The summed E-state index contributed by atoms with van der Waals surface area (Å²) in [5.74, 6) is -0.0583. The second-order valence-electron chi connectivity index (χ2n) is 6.19. The number of amides is 1.